The second-order valence-corrected chi connectivity index (χ2v) is 14.5. The van der Waals surface area contributed by atoms with Gasteiger partial charge in [-0.25, -0.2) is 0 Å². The summed E-state index contributed by atoms with van der Waals surface area (Å²) in [6, 6.07) is 0. The van der Waals surface area contributed by atoms with Gasteiger partial charge >= 0.3 is 0 Å². The highest BCUT2D eigenvalue weighted by Gasteiger charge is 2.30. The van der Waals surface area contributed by atoms with Crippen LogP contribution in [-0.2, 0) is 9.47 Å². The lowest BCUT2D eigenvalue weighted by Gasteiger charge is -2.33. The van der Waals surface area contributed by atoms with Gasteiger partial charge in [-0.1, -0.05) is 170 Å². The Bertz CT molecular complexity index is 599. The second-order valence-electron chi connectivity index (χ2n) is 13.8. The molecule has 0 spiro atoms. The summed E-state index contributed by atoms with van der Waals surface area (Å²) in [6.45, 7) is 10.7. The van der Waals surface area contributed by atoms with Crippen LogP contribution in [0.3, 0.4) is 0 Å². The zero-order chi connectivity index (χ0) is 32.2. The van der Waals surface area contributed by atoms with Crippen molar-refractivity contribution < 1.29 is 9.47 Å². The van der Waals surface area contributed by atoms with Gasteiger partial charge in [-0.2, -0.15) is 0 Å². The minimum Gasteiger partial charge on any atom is -0.374 e. The van der Waals surface area contributed by atoms with Crippen LogP contribution in [0.5, 0.6) is 0 Å². The first kappa shape index (κ1) is 43.9. The molecule has 0 saturated heterocycles. The molecule has 0 rings (SSSR count). The number of alkyl halides is 1. The summed E-state index contributed by atoms with van der Waals surface area (Å²) in [7, 11) is 0. The summed E-state index contributed by atoms with van der Waals surface area (Å²) < 4.78 is 12.6. The van der Waals surface area contributed by atoms with Crippen LogP contribution in [0.15, 0.2) is 24.3 Å². The summed E-state index contributed by atoms with van der Waals surface area (Å²) >= 11 is 3.68. The van der Waals surface area contributed by atoms with E-state index in [1.54, 1.807) is 0 Å². The molecule has 0 N–H and O–H groups in total. The van der Waals surface area contributed by atoms with Gasteiger partial charge in [0.2, 0.25) is 0 Å². The smallest absolute Gasteiger partial charge is 0.0955 e. The van der Waals surface area contributed by atoms with E-state index in [9.17, 15) is 0 Å². The molecule has 262 valence electrons. The quantitative estimate of drug-likeness (QED) is 0.0372. The number of allylic oxidation sites excluding steroid dienone is 4. The lowest BCUT2D eigenvalue weighted by Crippen LogP contribution is -2.42. The molecule has 0 aromatic carbocycles. The number of hydrogen-bond acceptors (Lipinski definition) is 2. The fourth-order valence-electron chi connectivity index (χ4n) is 5.78. The van der Waals surface area contributed by atoms with Crippen LogP contribution in [0.2, 0.25) is 0 Å². The van der Waals surface area contributed by atoms with Crippen LogP contribution < -0.4 is 0 Å². The Hall–Kier alpha value is -0.120. The Morgan fingerprint density at radius 2 is 0.773 bits per heavy atom. The molecule has 0 bridgehead atoms. The number of hydrogen-bond donors (Lipinski definition) is 0. The maximum Gasteiger partial charge on any atom is 0.0955 e. The molecule has 44 heavy (non-hydrogen) atoms. The summed E-state index contributed by atoms with van der Waals surface area (Å²) in [5.74, 6) is 0. The average Bonchev–Trinajstić information content (AvgIpc) is 3.02. The molecular weight excluding hydrogens is 604 g/mol. The molecule has 0 radical (unpaired) electrons. The van der Waals surface area contributed by atoms with E-state index >= 15 is 0 Å². The Balaban J connectivity index is 3.58. The van der Waals surface area contributed by atoms with E-state index in [1.165, 1.54) is 167 Å². The Morgan fingerprint density at radius 1 is 0.455 bits per heavy atom. The van der Waals surface area contributed by atoms with E-state index in [4.69, 9.17) is 9.47 Å². The molecule has 0 aliphatic carbocycles. The molecule has 0 fully saturated rings. The molecule has 0 aromatic heterocycles. The number of halogens is 1. The summed E-state index contributed by atoms with van der Waals surface area (Å²) in [5.41, 5.74) is -0.242. The van der Waals surface area contributed by atoms with Crippen molar-refractivity contribution in [1.82, 2.24) is 0 Å². The topological polar surface area (TPSA) is 18.5 Å². The fourth-order valence-corrected chi connectivity index (χ4v) is 6.75. The summed E-state index contributed by atoms with van der Waals surface area (Å²) in [6.07, 6.45) is 47.3. The zero-order valence-electron chi connectivity index (χ0n) is 30.5. The normalized spacial score (nSPS) is 13.1. The molecule has 0 aliphatic heterocycles. The molecule has 1 unspecified atom stereocenters. The number of ether oxygens (including phenoxy) is 2. The minimum atomic E-state index is -0.242. The first-order valence-electron chi connectivity index (χ1n) is 19.7. The van der Waals surface area contributed by atoms with Crippen LogP contribution in [0, 0.1) is 0 Å². The Morgan fingerprint density at radius 3 is 1.14 bits per heavy atom. The van der Waals surface area contributed by atoms with E-state index in [2.05, 4.69) is 67.9 Å². The lowest BCUT2D eigenvalue weighted by molar-refractivity contribution is -0.118. The van der Waals surface area contributed by atoms with Crippen molar-refractivity contribution in [2.24, 2.45) is 0 Å². The number of unbranched alkanes of at least 4 members (excludes halogenated alkanes) is 24. The van der Waals surface area contributed by atoms with Gasteiger partial charge in [-0.3, -0.25) is 0 Å². The van der Waals surface area contributed by atoms with Crippen LogP contribution in [-0.4, -0.2) is 30.2 Å². The van der Waals surface area contributed by atoms with Crippen molar-refractivity contribution in [3.05, 3.63) is 24.3 Å². The van der Waals surface area contributed by atoms with Crippen molar-refractivity contribution in [2.75, 3.05) is 18.5 Å². The van der Waals surface area contributed by atoms with Gasteiger partial charge in [0.1, 0.15) is 0 Å². The molecular formula is C41H79BrO2. The molecule has 0 amide bonds. The third-order valence-electron chi connectivity index (χ3n) is 9.02. The van der Waals surface area contributed by atoms with Crippen molar-refractivity contribution >= 4 is 15.9 Å². The van der Waals surface area contributed by atoms with Crippen LogP contribution in [0.25, 0.3) is 0 Å². The van der Waals surface area contributed by atoms with E-state index in [0.29, 0.717) is 0 Å². The highest BCUT2D eigenvalue weighted by atomic mass is 79.9. The average molecular weight is 684 g/mol. The van der Waals surface area contributed by atoms with E-state index in [0.717, 1.165) is 31.4 Å². The van der Waals surface area contributed by atoms with Crippen molar-refractivity contribution in [2.45, 2.75) is 219 Å². The van der Waals surface area contributed by atoms with Crippen LogP contribution in [0.1, 0.15) is 207 Å². The highest BCUT2D eigenvalue weighted by molar-refractivity contribution is 9.09. The highest BCUT2D eigenvalue weighted by Crippen LogP contribution is 2.22. The van der Waals surface area contributed by atoms with Crippen molar-refractivity contribution in [3.63, 3.8) is 0 Å². The molecule has 2 nitrogen and oxygen atoms in total. The van der Waals surface area contributed by atoms with Gasteiger partial charge in [0.05, 0.1) is 11.7 Å². The Kier molecular flexibility index (Phi) is 35.6. The van der Waals surface area contributed by atoms with E-state index in [-0.39, 0.29) is 11.7 Å². The number of rotatable bonds is 36. The first-order chi connectivity index (χ1) is 21.6. The third kappa shape index (κ3) is 31.8. The van der Waals surface area contributed by atoms with E-state index in [1.807, 2.05) is 0 Å². The fraction of sp³-hybridized carbons (Fsp3) is 0.902. The van der Waals surface area contributed by atoms with Gasteiger partial charge in [0.15, 0.2) is 0 Å². The van der Waals surface area contributed by atoms with Crippen molar-refractivity contribution in [3.8, 4) is 0 Å². The van der Waals surface area contributed by atoms with Crippen LogP contribution in [0.4, 0.5) is 0 Å². The SMILES string of the molecule is CCCCCCCC/C=C\CCCCCCCCOC(CBr)C(C)(C)OCCCCCCCC/C=C\CCCCCCCC. The minimum absolute atomic E-state index is 0.111. The monoisotopic (exact) mass is 683 g/mol. The summed E-state index contributed by atoms with van der Waals surface area (Å²) in [5, 5.41) is 0.833. The molecule has 0 aliphatic rings. The van der Waals surface area contributed by atoms with E-state index < -0.39 is 0 Å². The molecule has 3 heteroatoms. The predicted octanol–water partition coefficient (Wildman–Crippen LogP) is 14.6. The second kappa shape index (κ2) is 35.7. The molecule has 0 aromatic rings. The van der Waals surface area contributed by atoms with Gasteiger partial charge in [0, 0.05) is 18.5 Å². The molecule has 0 saturated carbocycles. The first-order valence-corrected chi connectivity index (χ1v) is 20.8. The Labute approximate surface area is 286 Å². The standard InChI is InChI=1S/C41H79BrO2/c1-5-7-9-11-13-15-17-19-21-23-25-27-29-31-33-35-37-43-40(39-42)41(3,4)44-38-36-34-32-30-28-26-24-22-20-18-16-14-12-10-8-6-2/h19-22,40H,5-18,23-39H2,1-4H3/b21-19-,22-20-. The third-order valence-corrected chi connectivity index (χ3v) is 9.61. The maximum absolute atomic E-state index is 6.32. The molecule has 1 atom stereocenters. The van der Waals surface area contributed by atoms with Crippen molar-refractivity contribution in [1.29, 1.82) is 0 Å². The van der Waals surface area contributed by atoms with Gasteiger partial charge < -0.3 is 9.47 Å². The van der Waals surface area contributed by atoms with Crippen LogP contribution >= 0.6 is 15.9 Å². The van der Waals surface area contributed by atoms with Gasteiger partial charge in [0.25, 0.3) is 0 Å². The summed E-state index contributed by atoms with van der Waals surface area (Å²) in [4.78, 5) is 0. The predicted molar refractivity (Wildman–Crippen MR) is 202 cm³/mol. The van der Waals surface area contributed by atoms with Gasteiger partial charge in [-0.05, 0) is 78.1 Å². The van der Waals surface area contributed by atoms with Gasteiger partial charge in [-0.15, -0.1) is 0 Å². The lowest BCUT2D eigenvalue weighted by atomic mass is 10.0. The maximum atomic E-state index is 6.32. The zero-order valence-corrected chi connectivity index (χ0v) is 32.1. The molecule has 0 heterocycles. The largest absolute Gasteiger partial charge is 0.374 e.